The van der Waals surface area contributed by atoms with Gasteiger partial charge in [0.2, 0.25) is 11.8 Å². The van der Waals surface area contributed by atoms with Crippen molar-refractivity contribution in [3.05, 3.63) is 35.9 Å². The summed E-state index contributed by atoms with van der Waals surface area (Å²) < 4.78 is 15.8. The third-order valence-electron chi connectivity index (χ3n) is 7.58. The number of alkyl carbamates (subject to hydrolysis) is 2. The molecule has 294 valence electrons. The van der Waals surface area contributed by atoms with Crippen LogP contribution in [-0.4, -0.2) is 87.9 Å². The molecule has 0 aromatic heterocycles. The summed E-state index contributed by atoms with van der Waals surface area (Å²) in [7, 11) is 0. The van der Waals surface area contributed by atoms with Gasteiger partial charge in [-0.25, -0.2) is 19.2 Å². The van der Waals surface area contributed by atoms with E-state index >= 15 is 0 Å². The van der Waals surface area contributed by atoms with Crippen LogP contribution in [0.25, 0.3) is 0 Å². The highest BCUT2D eigenvalue weighted by Gasteiger charge is 2.40. The molecule has 1 heterocycles. The number of esters is 1. The number of amides is 4. The molecule has 0 radical (unpaired) electrons. The molecular weight excluding hydrogens is 672 g/mol. The van der Waals surface area contributed by atoms with E-state index in [2.05, 4.69) is 16.0 Å². The number of rotatable bonds is 13. The minimum absolute atomic E-state index is 0.108. The SMILES string of the molecule is CC(C)C[C@H](NC(=O)[C@@H](NC(=O)OC(C)(C)C)C(C)C)C(=O)N1CCC[C@H]1C(=O)OCc1ccccc1.CC(C)[C@H](NC(=O)OC(C)(C)C)C(=O)O. The van der Waals surface area contributed by atoms with Crippen molar-refractivity contribution in [3.8, 4) is 0 Å². The van der Waals surface area contributed by atoms with Crippen molar-refractivity contribution in [1.29, 1.82) is 0 Å². The van der Waals surface area contributed by atoms with Gasteiger partial charge in [0.25, 0.3) is 0 Å². The van der Waals surface area contributed by atoms with Crippen LogP contribution in [0, 0.1) is 17.8 Å². The van der Waals surface area contributed by atoms with E-state index in [-0.39, 0.29) is 30.3 Å². The van der Waals surface area contributed by atoms with Gasteiger partial charge in [-0.1, -0.05) is 71.9 Å². The molecule has 14 nitrogen and oxygen atoms in total. The summed E-state index contributed by atoms with van der Waals surface area (Å²) in [6.07, 6.45) is 0.173. The van der Waals surface area contributed by atoms with E-state index in [9.17, 15) is 28.8 Å². The first-order valence-corrected chi connectivity index (χ1v) is 17.9. The summed E-state index contributed by atoms with van der Waals surface area (Å²) in [5.74, 6) is -2.61. The first kappa shape index (κ1) is 45.7. The molecule has 0 saturated carbocycles. The number of ether oxygens (including phenoxy) is 3. The molecule has 1 aliphatic rings. The van der Waals surface area contributed by atoms with Crippen LogP contribution in [0.4, 0.5) is 9.59 Å². The van der Waals surface area contributed by atoms with Gasteiger partial charge in [-0.2, -0.15) is 0 Å². The number of nitrogens with one attached hydrogen (secondary N) is 3. The number of aliphatic carboxylic acids is 1. The second kappa shape index (κ2) is 20.6. The van der Waals surface area contributed by atoms with Gasteiger partial charge >= 0.3 is 24.1 Å². The molecule has 0 unspecified atom stereocenters. The maximum absolute atomic E-state index is 13.6. The Hall–Kier alpha value is -4.36. The standard InChI is InChI=1S/C28H43N3O6.C10H19NO4/c1-18(2)16-21(29-24(32)23(19(3)4)30-27(35)37-28(5,6)7)25(33)31-15-11-14-22(31)26(34)36-17-20-12-9-8-10-13-20;1-6(2)7(8(12)13)11-9(14)15-10(3,4)5/h8-10,12-13,18-19,21-23H,11,14-17H2,1-7H3,(H,29,32)(H,30,35);6-7H,1-5H3,(H,11,14)(H,12,13)/t21-,22-,23-;7-/m00/s1. The van der Waals surface area contributed by atoms with E-state index in [1.165, 1.54) is 4.90 Å². The quantitative estimate of drug-likeness (QED) is 0.150. The lowest BCUT2D eigenvalue weighted by molar-refractivity contribution is -0.155. The van der Waals surface area contributed by atoms with E-state index in [1.54, 1.807) is 69.2 Å². The molecule has 4 N–H and O–H groups in total. The van der Waals surface area contributed by atoms with E-state index in [0.29, 0.717) is 25.8 Å². The molecule has 0 bridgehead atoms. The monoisotopic (exact) mass is 734 g/mol. The van der Waals surface area contributed by atoms with Gasteiger partial charge in [0.15, 0.2) is 0 Å². The van der Waals surface area contributed by atoms with Crippen molar-refractivity contribution in [2.24, 2.45) is 17.8 Å². The molecule has 0 spiro atoms. The summed E-state index contributed by atoms with van der Waals surface area (Å²) in [6.45, 7) is 21.9. The second-order valence-corrected chi connectivity index (χ2v) is 16.0. The normalized spacial score (nSPS) is 16.2. The molecule has 14 heteroatoms. The highest BCUT2D eigenvalue weighted by molar-refractivity contribution is 5.93. The van der Waals surface area contributed by atoms with Gasteiger partial charge in [-0.05, 0) is 84.1 Å². The largest absolute Gasteiger partial charge is 0.480 e. The summed E-state index contributed by atoms with van der Waals surface area (Å²) in [4.78, 5) is 75.6. The number of likely N-dealkylation sites (tertiary alicyclic amines) is 1. The Balaban J connectivity index is 0.000000757. The predicted molar refractivity (Wildman–Crippen MR) is 196 cm³/mol. The van der Waals surface area contributed by atoms with Crippen LogP contribution < -0.4 is 16.0 Å². The number of carbonyl (C=O) groups is 6. The Morgan fingerprint density at radius 3 is 1.73 bits per heavy atom. The average molecular weight is 735 g/mol. The Labute approximate surface area is 309 Å². The highest BCUT2D eigenvalue weighted by Crippen LogP contribution is 2.22. The zero-order valence-electron chi connectivity index (χ0n) is 33.0. The fourth-order valence-electron chi connectivity index (χ4n) is 5.17. The molecule has 1 aromatic carbocycles. The second-order valence-electron chi connectivity index (χ2n) is 16.0. The smallest absolute Gasteiger partial charge is 0.408 e. The Kier molecular flexibility index (Phi) is 18.1. The zero-order chi connectivity index (χ0) is 40.0. The van der Waals surface area contributed by atoms with Gasteiger partial charge in [-0.15, -0.1) is 0 Å². The Morgan fingerprint density at radius 1 is 0.788 bits per heavy atom. The number of carboxylic acids is 1. The molecule has 1 aromatic rings. The molecule has 2 rings (SSSR count). The van der Waals surface area contributed by atoms with Crippen LogP contribution in [0.3, 0.4) is 0 Å². The van der Waals surface area contributed by atoms with Crippen LogP contribution in [0.2, 0.25) is 0 Å². The molecule has 4 atom stereocenters. The van der Waals surface area contributed by atoms with Crippen LogP contribution >= 0.6 is 0 Å². The predicted octanol–water partition coefficient (Wildman–Crippen LogP) is 5.42. The van der Waals surface area contributed by atoms with E-state index in [4.69, 9.17) is 19.3 Å². The van der Waals surface area contributed by atoms with Crippen LogP contribution in [-0.2, 0) is 40.0 Å². The highest BCUT2D eigenvalue weighted by atomic mass is 16.6. The van der Waals surface area contributed by atoms with Crippen molar-refractivity contribution < 1.29 is 48.1 Å². The number of hydrogen-bond acceptors (Lipinski definition) is 9. The summed E-state index contributed by atoms with van der Waals surface area (Å²) in [5, 5.41) is 16.6. The Bertz CT molecular complexity index is 1340. The first-order valence-electron chi connectivity index (χ1n) is 17.9. The van der Waals surface area contributed by atoms with Crippen LogP contribution in [0.15, 0.2) is 30.3 Å². The van der Waals surface area contributed by atoms with E-state index < -0.39 is 65.4 Å². The summed E-state index contributed by atoms with van der Waals surface area (Å²) in [6, 6.07) is 6.04. The van der Waals surface area contributed by atoms with E-state index in [0.717, 1.165) is 5.56 Å². The number of carboxylic acid groups (broad SMARTS) is 1. The molecule has 1 aliphatic heterocycles. The third kappa shape index (κ3) is 17.2. The molecule has 52 heavy (non-hydrogen) atoms. The lowest BCUT2D eigenvalue weighted by Crippen LogP contribution is -2.57. The summed E-state index contributed by atoms with van der Waals surface area (Å²) >= 11 is 0. The van der Waals surface area contributed by atoms with Crippen molar-refractivity contribution in [2.45, 2.75) is 144 Å². The molecule has 0 aliphatic carbocycles. The van der Waals surface area contributed by atoms with Crippen LogP contribution in [0.1, 0.15) is 108 Å². The minimum Gasteiger partial charge on any atom is -0.480 e. The summed E-state index contributed by atoms with van der Waals surface area (Å²) in [5.41, 5.74) is -0.462. The minimum atomic E-state index is -1.06. The molecular formula is C38H62N4O10. The van der Waals surface area contributed by atoms with Gasteiger partial charge in [-0.3, -0.25) is 9.59 Å². The topological polar surface area (TPSA) is 190 Å². The molecule has 4 amide bonds. The van der Waals surface area contributed by atoms with Crippen molar-refractivity contribution in [2.75, 3.05) is 6.54 Å². The first-order chi connectivity index (χ1) is 23.9. The number of carbonyl (C=O) groups excluding carboxylic acids is 5. The van der Waals surface area contributed by atoms with Gasteiger partial charge < -0.3 is 40.2 Å². The fraction of sp³-hybridized carbons (Fsp3) is 0.684. The van der Waals surface area contributed by atoms with Gasteiger partial charge in [0.1, 0.15) is 42.0 Å². The van der Waals surface area contributed by atoms with Crippen LogP contribution in [0.5, 0.6) is 0 Å². The number of benzene rings is 1. The zero-order valence-corrected chi connectivity index (χ0v) is 33.0. The van der Waals surface area contributed by atoms with Crippen molar-refractivity contribution in [1.82, 2.24) is 20.9 Å². The van der Waals surface area contributed by atoms with Gasteiger partial charge in [0, 0.05) is 6.54 Å². The Morgan fingerprint density at radius 2 is 1.29 bits per heavy atom. The third-order valence-corrected chi connectivity index (χ3v) is 7.58. The number of nitrogens with zero attached hydrogens (tertiary/aromatic N) is 1. The van der Waals surface area contributed by atoms with Crippen molar-refractivity contribution in [3.63, 3.8) is 0 Å². The molecule has 1 fully saturated rings. The van der Waals surface area contributed by atoms with Crippen molar-refractivity contribution >= 4 is 35.9 Å². The lowest BCUT2D eigenvalue weighted by Gasteiger charge is -2.31. The number of hydrogen-bond donors (Lipinski definition) is 4. The lowest BCUT2D eigenvalue weighted by atomic mass is 9.99. The fourth-order valence-corrected chi connectivity index (χ4v) is 5.17. The maximum atomic E-state index is 13.6. The van der Waals surface area contributed by atoms with E-state index in [1.807, 2.05) is 44.2 Å². The molecule has 1 saturated heterocycles. The maximum Gasteiger partial charge on any atom is 0.408 e. The van der Waals surface area contributed by atoms with Gasteiger partial charge in [0.05, 0.1) is 0 Å². The average Bonchev–Trinajstić information content (AvgIpc) is 3.49.